The predicted molar refractivity (Wildman–Crippen MR) is 82.2 cm³/mol. The van der Waals surface area contributed by atoms with Gasteiger partial charge in [0.25, 0.3) is 5.91 Å². The lowest BCUT2D eigenvalue weighted by Crippen LogP contribution is -2.25. The number of halogens is 3. The Morgan fingerprint density at radius 3 is 2.48 bits per heavy atom. The molecule has 2 rings (SSSR count). The van der Waals surface area contributed by atoms with E-state index in [2.05, 4.69) is 5.32 Å². The molecule has 0 spiro atoms. The summed E-state index contributed by atoms with van der Waals surface area (Å²) in [6.45, 7) is 0.336. The first-order valence-electron chi connectivity index (χ1n) is 7.14. The monoisotopic (exact) mass is 356 g/mol. The number of nitrogens with zero attached hydrogens (tertiary/aromatic N) is 1. The van der Waals surface area contributed by atoms with Crippen LogP contribution in [0.3, 0.4) is 0 Å². The molecule has 0 radical (unpaired) electrons. The fourth-order valence-electron chi connectivity index (χ4n) is 1.92. The Morgan fingerprint density at radius 2 is 1.88 bits per heavy atom. The van der Waals surface area contributed by atoms with Crippen LogP contribution in [0.15, 0.2) is 42.7 Å². The SMILES string of the molecule is COCCOc1ccc(C(F)(F)F)cc1NC(=O)c1cc[n+]([O-])cc1. The maximum Gasteiger partial charge on any atom is 0.416 e. The van der Waals surface area contributed by atoms with Crippen molar-refractivity contribution in [1.82, 2.24) is 0 Å². The minimum atomic E-state index is -4.56. The molecule has 0 atom stereocenters. The molecule has 0 saturated heterocycles. The Bertz CT molecular complexity index is 733. The molecule has 0 aliphatic heterocycles. The molecule has 1 aromatic heterocycles. The minimum Gasteiger partial charge on any atom is -0.619 e. The molecule has 6 nitrogen and oxygen atoms in total. The number of anilines is 1. The van der Waals surface area contributed by atoms with Gasteiger partial charge in [-0.1, -0.05) is 0 Å². The summed E-state index contributed by atoms with van der Waals surface area (Å²) < 4.78 is 49.3. The highest BCUT2D eigenvalue weighted by Crippen LogP contribution is 2.35. The van der Waals surface area contributed by atoms with Crippen LogP contribution in [0.25, 0.3) is 0 Å². The number of hydrogen-bond acceptors (Lipinski definition) is 4. The first-order chi connectivity index (χ1) is 11.8. The molecular formula is C16H15F3N2O4. The number of aromatic nitrogens is 1. The van der Waals surface area contributed by atoms with Gasteiger partial charge in [-0.05, 0) is 18.2 Å². The lowest BCUT2D eigenvalue weighted by atomic mass is 10.1. The zero-order valence-electron chi connectivity index (χ0n) is 13.2. The summed E-state index contributed by atoms with van der Waals surface area (Å²) in [6, 6.07) is 5.28. The van der Waals surface area contributed by atoms with Gasteiger partial charge in [-0.2, -0.15) is 17.9 Å². The number of ether oxygens (including phenoxy) is 2. The molecule has 9 heteroatoms. The van der Waals surface area contributed by atoms with E-state index >= 15 is 0 Å². The fourth-order valence-corrected chi connectivity index (χ4v) is 1.92. The van der Waals surface area contributed by atoms with Crippen LogP contribution in [-0.2, 0) is 10.9 Å². The summed E-state index contributed by atoms with van der Waals surface area (Å²) in [7, 11) is 1.45. The topological polar surface area (TPSA) is 74.5 Å². The second-order valence-electron chi connectivity index (χ2n) is 4.95. The number of pyridine rings is 1. The molecule has 0 aliphatic rings. The van der Waals surface area contributed by atoms with E-state index < -0.39 is 17.6 Å². The maximum absolute atomic E-state index is 12.9. The maximum atomic E-state index is 12.9. The number of hydrogen-bond donors (Lipinski definition) is 1. The van der Waals surface area contributed by atoms with Crippen LogP contribution in [0, 0.1) is 5.21 Å². The normalized spacial score (nSPS) is 11.2. The zero-order chi connectivity index (χ0) is 18.4. The van der Waals surface area contributed by atoms with Gasteiger partial charge in [-0.25, -0.2) is 0 Å². The van der Waals surface area contributed by atoms with Gasteiger partial charge < -0.3 is 20.0 Å². The molecular weight excluding hydrogens is 341 g/mol. The van der Waals surface area contributed by atoms with Crippen molar-refractivity contribution in [3.63, 3.8) is 0 Å². The first kappa shape index (κ1) is 18.5. The van der Waals surface area contributed by atoms with Crippen LogP contribution in [-0.4, -0.2) is 26.2 Å². The lowest BCUT2D eigenvalue weighted by Gasteiger charge is -2.15. The average molecular weight is 356 g/mol. The number of carbonyl (C=O) groups is 1. The molecule has 0 unspecified atom stereocenters. The Hall–Kier alpha value is -2.81. The van der Waals surface area contributed by atoms with Crippen molar-refractivity contribution in [2.75, 3.05) is 25.6 Å². The zero-order valence-corrected chi connectivity index (χ0v) is 13.2. The van der Waals surface area contributed by atoms with E-state index in [1.807, 2.05) is 0 Å². The van der Waals surface area contributed by atoms with E-state index in [4.69, 9.17) is 9.47 Å². The molecule has 0 fully saturated rings. The van der Waals surface area contributed by atoms with Crippen LogP contribution < -0.4 is 14.8 Å². The summed E-state index contributed by atoms with van der Waals surface area (Å²) in [6.07, 6.45) is -2.35. The van der Waals surface area contributed by atoms with Crippen molar-refractivity contribution >= 4 is 11.6 Å². The predicted octanol–water partition coefficient (Wildman–Crippen LogP) is 2.62. The quantitative estimate of drug-likeness (QED) is 0.491. The molecule has 0 bridgehead atoms. The number of carbonyl (C=O) groups excluding carboxylic acids is 1. The van der Waals surface area contributed by atoms with E-state index in [-0.39, 0.29) is 30.2 Å². The molecule has 1 N–H and O–H groups in total. The molecule has 0 aliphatic carbocycles. The van der Waals surface area contributed by atoms with Crippen molar-refractivity contribution < 1.29 is 32.2 Å². The van der Waals surface area contributed by atoms with Crippen LogP contribution in [0.5, 0.6) is 5.75 Å². The van der Waals surface area contributed by atoms with Gasteiger partial charge in [0.2, 0.25) is 0 Å². The van der Waals surface area contributed by atoms with Crippen molar-refractivity contribution in [1.29, 1.82) is 0 Å². The highest BCUT2D eigenvalue weighted by molar-refractivity contribution is 6.04. The van der Waals surface area contributed by atoms with Crippen molar-refractivity contribution in [2.45, 2.75) is 6.18 Å². The third-order valence-corrected chi connectivity index (χ3v) is 3.16. The highest BCUT2D eigenvalue weighted by atomic mass is 19.4. The molecule has 0 saturated carbocycles. The Kier molecular flexibility index (Phi) is 5.81. The number of nitrogens with one attached hydrogen (secondary N) is 1. The van der Waals surface area contributed by atoms with Gasteiger partial charge in [-0.3, -0.25) is 4.79 Å². The number of alkyl halides is 3. The van der Waals surface area contributed by atoms with Crippen LogP contribution in [0.2, 0.25) is 0 Å². The second kappa shape index (κ2) is 7.84. The minimum absolute atomic E-state index is 0.0771. The van der Waals surface area contributed by atoms with Crippen molar-refractivity contribution in [3.8, 4) is 5.75 Å². The lowest BCUT2D eigenvalue weighted by molar-refractivity contribution is -0.605. The van der Waals surface area contributed by atoms with Gasteiger partial charge in [0.1, 0.15) is 12.4 Å². The van der Waals surface area contributed by atoms with E-state index in [1.165, 1.54) is 19.2 Å². The van der Waals surface area contributed by atoms with Crippen LogP contribution in [0.1, 0.15) is 15.9 Å². The first-order valence-corrected chi connectivity index (χ1v) is 7.14. The van der Waals surface area contributed by atoms with Gasteiger partial charge in [0.05, 0.1) is 23.4 Å². The van der Waals surface area contributed by atoms with Gasteiger partial charge >= 0.3 is 6.18 Å². The van der Waals surface area contributed by atoms with Gasteiger partial charge in [-0.15, -0.1) is 0 Å². The van der Waals surface area contributed by atoms with E-state index in [0.29, 0.717) is 4.73 Å². The molecule has 134 valence electrons. The number of methoxy groups -OCH3 is 1. The van der Waals surface area contributed by atoms with E-state index in [9.17, 15) is 23.2 Å². The Balaban J connectivity index is 2.27. The highest BCUT2D eigenvalue weighted by Gasteiger charge is 2.31. The smallest absolute Gasteiger partial charge is 0.416 e. The molecule has 1 aromatic carbocycles. The van der Waals surface area contributed by atoms with Gasteiger partial charge in [0.15, 0.2) is 12.4 Å². The Morgan fingerprint density at radius 1 is 1.20 bits per heavy atom. The largest absolute Gasteiger partial charge is 0.619 e. The summed E-state index contributed by atoms with van der Waals surface area (Å²) in [5.74, 6) is -0.593. The van der Waals surface area contributed by atoms with Gasteiger partial charge in [0, 0.05) is 19.2 Å². The third kappa shape index (κ3) is 5.08. The summed E-state index contributed by atoms with van der Waals surface area (Å²) in [5.41, 5.74) is -0.936. The summed E-state index contributed by atoms with van der Waals surface area (Å²) in [5, 5.41) is 13.4. The number of amides is 1. The molecule has 2 aromatic rings. The van der Waals surface area contributed by atoms with Crippen molar-refractivity contribution in [3.05, 3.63) is 59.1 Å². The molecule has 1 heterocycles. The standard InChI is InChI=1S/C16H15F3N2O4/c1-24-8-9-25-14-3-2-12(16(17,18)19)10-13(14)20-15(22)11-4-6-21(23)7-5-11/h2-7,10H,8-9H2,1H3,(H,20,22). The van der Waals surface area contributed by atoms with Crippen LogP contribution in [0.4, 0.5) is 18.9 Å². The molecule has 25 heavy (non-hydrogen) atoms. The Labute approximate surface area is 141 Å². The fraction of sp³-hybridized carbons (Fsp3) is 0.250. The summed E-state index contributed by atoms with van der Waals surface area (Å²) >= 11 is 0. The number of rotatable bonds is 6. The third-order valence-electron chi connectivity index (χ3n) is 3.16. The number of benzene rings is 1. The van der Waals surface area contributed by atoms with E-state index in [0.717, 1.165) is 30.6 Å². The molecule has 1 amide bonds. The van der Waals surface area contributed by atoms with Crippen molar-refractivity contribution in [2.24, 2.45) is 0 Å². The average Bonchev–Trinajstić information content (AvgIpc) is 2.56. The van der Waals surface area contributed by atoms with E-state index in [1.54, 1.807) is 0 Å². The summed E-state index contributed by atoms with van der Waals surface area (Å²) in [4.78, 5) is 12.2. The second-order valence-corrected chi connectivity index (χ2v) is 4.95. The van der Waals surface area contributed by atoms with Crippen LogP contribution >= 0.6 is 0 Å².